The molecule has 0 aliphatic carbocycles. The van der Waals surface area contributed by atoms with Gasteiger partial charge in [-0.05, 0) is 18.1 Å². The zero-order valence-electron chi connectivity index (χ0n) is 16.5. The lowest BCUT2D eigenvalue weighted by Gasteiger charge is -2.11. The molecule has 3 rings (SSSR count). The van der Waals surface area contributed by atoms with E-state index in [1.807, 2.05) is 41.9 Å². The minimum atomic E-state index is -0.509. The molecule has 2 aromatic heterocycles. The zero-order valence-corrected chi connectivity index (χ0v) is 16.5. The van der Waals surface area contributed by atoms with Gasteiger partial charge in [-0.2, -0.15) is 0 Å². The van der Waals surface area contributed by atoms with Crippen LogP contribution in [0.3, 0.4) is 0 Å². The van der Waals surface area contributed by atoms with Gasteiger partial charge in [0.05, 0.1) is 6.54 Å². The molecular formula is C21H23N5O3. The van der Waals surface area contributed by atoms with Crippen molar-refractivity contribution in [3.8, 4) is 0 Å². The van der Waals surface area contributed by atoms with E-state index in [-0.39, 0.29) is 24.3 Å². The minimum Gasteiger partial charge on any atom is -0.355 e. The van der Waals surface area contributed by atoms with Crippen molar-refractivity contribution in [2.24, 2.45) is 7.05 Å². The fourth-order valence-electron chi connectivity index (χ4n) is 3.07. The van der Waals surface area contributed by atoms with E-state index in [4.69, 9.17) is 0 Å². The molecule has 150 valence electrons. The van der Waals surface area contributed by atoms with Gasteiger partial charge in [0.2, 0.25) is 0 Å². The molecule has 0 unspecified atom stereocenters. The molecule has 0 aliphatic rings. The standard InChI is InChI=1S/C21H23N5O3/c1-22-20(28)17-11-16(18(27)9-6-10-19-24-23-14-25(19)2)13-26(21(17)29)12-15-7-4-3-5-8-15/h3-5,7-8,11,13-14H,6,9-10,12H2,1-2H3,(H,22,28). The molecule has 1 aromatic carbocycles. The molecule has 8 heteroatoms. The summed E-state index contributed by atoms with van der Waals surface area (Å²) < 4.78 is 3.23. The molecule has 8 nitrogen and oxygen atoms in total. The van der Waals surface area contributed by atoms with Crippen LogP contribution in [0.25, 0.3) is 0 Å². The third-order valence-corrected chi connectivity index (χ3v) is 4.68. The maximum absolute atomic E-state index is 12.7. The number of amides is 1. The highest BCUT2D eigenvalue weighted by Crippen LogP contribution is 2.10. The normalized spacial score (nSPS) is 10.7. The summed E-state index contributed by atoms with van der Waals surface area (Å²) in [7, 11) is 3.31. The monoisotopic (exact) mass is 393 g/mol. The number of nitrogens with one attached hydrogen (secondary N) is 1. The quantitative estimate of drug-likeness (QED) is 0.586. The van der Waals surface area contributed by atoms with Gasteiger partial charge < -0.3 is 14.5 Å². The van der Waals surface area contributed by atoms with E-state index in [2.05, 4.69) is 15.5 Å². The van der Waals surface area contributed by atoms with E-state index in [1.165, 1.54) is 23.9 Å². The highest BCUT2D eigenvalue weighted by molar-refractivity contribution is 6.00. The predicted octanol–water partition coefficient (Wildman–Crippen LogP) is 1.59. The first-order valence-corrected chi connectivity index (χ1v) is 9.36. The molecule has 1 amide bonds. The lowest BCUT2D eigenvalue weighted by atomic mass is 10.0. The molecule has 0 saturated heterocycles. The molecule has 0 atom stereocenters. The molecule has 0 radical (unpaired) electrons. The van der Waals surface area contributed by atoms with Crippen LogP contribution in [0, 0.1) is 0 Å². The summed E-state index contributed by atoms with van der Waals surface area (Å²) >= 11 is 0. The molecule has 0 bridgehead atoms. The highest BCUT2D eigenvalue weighted by atomic mass is 16.2. The first-order valence-electron chi connectivity index (χ1n) is 9.36. The van der Waals surface area contributed by atoms with Crippen molar-refractivity contribution >= 4 is 11.7 Å². The van der Waals surface area contributed by atoms with Crippen molar-refractivity contribution in [1.29, 1.82) is 0 Å². The van der Waals surface area contributed by atoms with Gasteiger partial charge in [-0.15, -0.1) is 10.2 Å². The third kappa shape index (κ3) is 4.84. The number of ketones is 1. The molecule has 0 spiro atoms. The molecule has 3 aromatic rings. The Labute approximate surface area is 168 Å². The van der Waals surface area contributed by atoms with Crippen LogP contribution in [0.1, 0.15) is 44.9 Å². The van der Waals surface area contributed by atoms with Gasteiger partial charge in [0.1, 0.15) is 17.7 Å². The van der Waals surface area contributed by atoms with Gasteiger partial charge in [-0.25, -0.2) is 0 Å². The topological polar surface area (TPSA) is 98.9 Å². The van der Waals surface area contributed by atoms with Crippen LogP contribution >= 0.6 is 0 Å². The van der Waals surface area contributed by atoms with Crippen LogP contribution in [0.2, 0.25) is 0 Å². The van der Waals surface area contributed by atoms with Gasteiger partial charge in [0.15, 0.2) is 5.78 Å². The third-order valence-electron chi connectivity index (χ3n) is 4.68. The van der Waals surface area contributed by atoms with E-state index >= 15 is 0 Å². The Balaban J connectivity index is 1.83. The highest BCUT2D eigenvalue weighted by Gasteiger charge is 2.17. The zero-order chi connectivity index (χ0) is 20.8. The summed E-state index contributed by atoms with van der Waals surface area (Å²) in [5.41, 5.74) is 0.785. The number of Topliss-reactive ketones (excluding diaryl/α,β-unsaturated/α-hetero) is 1. The number of rotatable bonds is 8. The minimum absolute atomic E-state index is 0.0393. The second-order valence-electron chi connectivity index (χ2n) is 6.78. The Kier molecular flexibility index (Phi) is 6.33. The van der Waals surface area contributed by atoms with E-state index in [0.717, 1.165) is 11.4 Å². The first-order chi connectivity index (χ1) is 14.0. The fourth-order valence-corrected chi connectivity index (χ4v) is 3.07. The van der Waals surface area contributed by atoms with E-state index in [0.29, 0.717) is 18.4 Å². The lowest BCUT2D eigenvalue weighted by Crippen LogP contribution is -2.32. The van der Waals surface area contributed by atoms with Gasteiger partial charge >= 0.3 is 0 Å². The van der Waals surface area contributed by atoms with Gasteiger partial charge in [-0.3, -0.25) is 14.4 Å². The van der Waals surface area contributed by atoms with Crippen molar-refractivity contribution in [1.82, 2.24) is 24.6 Å². The van der Waals surface area contributed by atoms with Gasteiger partial charge in [0.25, 0.3) is 11.5 Å². The van der Waals surface area contributed by atoms with Crippen molar-refractivity contribution in [3.63, 3.8) is 0 Å². The van der Waals surface area contributed by atoms with Gasteiger partial charge in [0, 0.05) is 38.7 Å². The van der Waals surface area contributed by atoms with Crippen LogP contribution in [0.4, 0.5) is 0 Å². The molecule has 0 aliphatic heterocycles. The van der Waals surface area contributed by atoms with Crippen LogP contribution in [-0.4, -0.2) is 38.1 Å². The maximum atomic E-state index is 12.7. The van der Waals surface area contributed by atoms with Crippen molar-refractivity contribution in [3.05, 3.63) is 81.8 Å². The number of nitrogens with zero attached hydrogens (tertiary/aromatic N) is 4. The van der Waals surface area contributed by atoms with Crippen LogP contribution in [-0.2, 0) is 20.0 Å². The number of carbonyl (C=O) groups excluding carboxylic acids is 2. The number of aryl methyl sites for hydroxylation is 2. The van der Waals surface area contributed by atoms with Crippen molar-refractivity contribution in [2.45, 2.75) is 25.8 Å². The number of benzene rings is 1. The van der Waals surface area contributed by atoms with E-state index in [9.17, 15) is 14.4 Å². The SMILES string of the molecule is CNC(=O)c1cc(C(=O)CCCc2nncn2C)cn(Cc2ccccc2)c1=O. The summed E-state index contributed by atoms with van der Waals surface area (Å²) in [4.78, 5) is 37.6. The first kappa shape index (κ1) is 20.2. The summed E-state index contributed by atoms with van der Waals surface area (Å²) in [6, 6.07) is 10.8. The average Bonchev–Trinajstić information content (AvgIpc) is 3.14. The second-order valence-corrected chi connectivity index (χ2v) is 6.78. The van der Waals surface area contributed by atoms with E-state index in [1.54, 1.807) is 6.33 Å². The Morgan fingerprint density at radius 2 is 1.93 bits per heavy atom. The Morgan fingerprint density at radius 3 is 2.59 bits per heavy atom. The Morgan fingerprint density at radius 1 is 1.17 bits per heavy atom. The number of hydrogen-bond acceptors (Lipinski definition) is 5. The second kappa shape index (κ2) is 9.09. The molecule has 0 saturated carbocycles. The summed E-state index contributed by atoms with van der Waals surface area (Å²) in [5.74, 6) is 0.169. The number of aromatic nitrogens is 4. The van der Waals surface area contributed by atoms with Crippen LogP contribution in [0.5, 0.6) is 0 Å². The smallest absolute Gasteiger partial charge is 0.263 e. The largest absolute Gasteiger partial charge is 0.355 e. The van der Waals surface area contributed by atoms with Crippen molar-refractivity contribution < 1.29 is 9.59 Å². The molecular weight excluding hydrogens is 370 g/mol. The maximum Gasteiger partial charge on any atom is 0.263 e. The number of pyridine rings is 1. The predicted molar refractivity (Wildman–Crippen MR) is 108 cm³/mol. The molecule has 0 fully saturated rings. The average molecular weight is 393 g/mol. The molecule has 1 N–H and O–H groups in total. The summed E-state index contributed by atoms with van der Waals surface area (Å²) in [6.45, 7) is 0.281. The van der Waals surface area contributed by atoms with E-state index < -0.39 is 11.5 Å². The molecule has 2 heterocycles. The lowest BCUT2D eigenvalue weighted by molar-refractivity contribution is 0.0961. The van der Waals surface area contributed by atoms with Gasteiger partial charge in [-0.1, -0.05) is 30.3 Å². The Hall–Kier alpha value is -3.55. The fraction of sp³-hybridized carbons (Fsp3) is 0.286. The molecule has 29 heavy (non-hydrogen) atoms. The Bertz CT molecular complexity index is 1070. The number of hydrogen-bond donors (Lipinski definition) is 1. The number of carbonyl (C=O) groups is 2. The summed E-state index contributed by atoms with van der Waals surface area (Å²) in [5, 5.41) is 10.3. The van der Waals surface area contributed by atoms with Crippen LogP contribution < -0.4 is 10.9 Å². The summed E-state index contributed by atoms with van der Waals surface area (Å²) in [6.07, 6.45) is 4.65. The van der Waals surface area contributed by atoms with Crippen LogP contribution in [0.15, 0.2) is 53.7 Å². The van der Waals surface area contributed by atoms with Crippen molar-refractivity contribution in [2.75, 3.05) is 7.05 Å².